The molecule has 35 heavy (non-hydrogen) atoms. The van der Waals surface area contributed by atoms with Gasteiger partial charge in [-0.15, -0.1) is 0 Å². The zero-order valence-electron chi connectivity index (χ0n) is 19.4. The predicted molar refractivity (Wildman–Crippen MR) is 137 cm³/mol. The Kier molecular flexibility index (Phi) is 7.28. The number of aryl methyl sites for hydroxylation is 2. The van der Waals surface area contributed by atoms with E-state index in [1.54, 1.807) is 18.2 Å². The van der Waals surface area contributed by atoms with Crippen LogP contribution in [0.25, 0.3) is 16.6 Å². The van der Waals surface area contributed by atoms with Gasteiger partial charge in [-0.05, 0) is 73.5 Å². The van der Waals surface area contributed by atoms with Crippen molar-refractivity contribution in [1.82, 2.24) is 9.55 Å². The average Bonchev–Trinajstić information content (AvgIpc) is 2.83. The highest BCUT2D eigenvalue weighted by Crippen LogP contribution is 2.24. The van der Waals surface area contributed by atoms with Crippen molar-refractivity contribution in [3.8, 4) is 11.8 Å². The number of para-hydroxylation sites is 1. The van der Waals surface area contributed by atoms with Crippen LogP contribution in [-0.4, -0.2) is 27.8 Å². The molecule has 0 aliphatic heterocycles. The SMILES string of the molecule is Cc1cc(C)cc(-n2c(SCC(=O)N(CCC#N)c3ccc(F)cc3)nc3ccccc3c2=O)c1. The average molecular weight is 487 g/mol. The summed E-state index contributed by atoms with van der Waals surface area (Å²) in [5, 5.41) is 9.92. The summed E-state index contributed by atoms with van der Waals surface area (Å²) in [4.78, 5) is 32.8. The molecule has 0 bridgehead atoms. The molecule has 1 amide bonds. The Morgan fingerprint density at radius 3 is 2.46 bits per heavy atom. The number of nitriles is 1. The molecule has 0 saturated heterocycles. The Hall–Kier alpha value is -3.96. The lowest BCUT2D eigenvalue weighted by Gasteiger charge is -2.22. The highest BCUT2D eigenvalue weighted by Gasteiger charge is 2.19. The van der Waals surface area contributed by atoms with Crippen LogP contribution in [0.3, 0.4) is 0 Å². The van der Waals surface area contributed by atoms with Crippen molar-refractivity contribution in [3.05, 3.63) is 94.0 Å². The number of hydrogen-bond acceptors (Lipinski definition) is 5. The summed E-state index contributed by atoms with van der Waals surface area (Å²) < 4.78 is 14.9. The Labute approximate surface area is 206 Å². The molecule has 0 spiro atoms. The maximum atomic E-state index is 13.5. The number of aromatic nitrogens is 2. The lowest BCUT2D eigenvalue weighted by atomic mass is 10.1. The maximum Gasteiger partial charge on any atom is 0.266 e. The lowest BCUT2D eigenvalue weighted by Crippen LogP contribution is -2.33. The fourth-order valence-corrected chi connectivity index (χ4v) is 4.79. The van der Waals surface area contributed by atoms with Crippen LogP contribution in [0, 0.1) is 31.0 Å². The van der Waals surface area contributed by atoms with Gasteiger partial charge in [0.05, 0.1) is 34.8 Å². The van der Waals surface area contributed by atoms with E-state index in [9.17, 15) is 14.0 Å². The second-order valence-corrected chi connectivity index (χ2v) is 9.06. The van der Waals surface area contributed by atoms with Crippen LogP contribution in [0.4, 0.5) is 10.1 Å². The van der Waals surface area contributed by atoms with Gasteiger partial charge >= 0.3 is 0 Å². The first-order valence-electron chi connectivity index (χ1n) is 11.0. The number of benzene rings is 3. The zero-order chi connectivity index (χ0) is 24.9. The van der Waals surface area contributed by atoms with Crippen molar-refractivity contribution in [2.24, 2.45) is 0 Å². The van der Waals surface area contributed by atoms with Gasteiger partial charge in [-0.2, -0.15) is 5.26 Å². The van der Waals surface area contributed by atoms with E-state index in [0.717, 1.165) is 22.9 Å². The summed E-state index contributed by atoms with van der Waals surface area (Å²) in [6.07, 6.45) is 0.134. The highest BCUT2D eigenvalue weighted by atomic mass is 32.2. The Morgan fingerprint density at radius 1 is 1.09 bits per heavy atom. The molecule has 3 aromatic carbocycles. The van der Waals surface area contributed by atoms with Crippen molar-refractivity contribution in [2.75, 3.05) is 17.2 Å². The number of nitrogens with zero attached hydrogens (tertiary/aromatic N) is 4. The second-order valence-electron chi connectivity index (χ2n) is 8.12. The minimum atomic E-state index is -0.409. The Morgan fingerprint density at radius 2 is 1.77 bits per heavy atom. The molecule has 0 atom stereocenters. The van der Waals surface area contributed by atoms with E-state index in [-0.39, 0.29) is 30.2 Å². The largest absolute Gasteiger partial charge is 0.311 e. The highest BCUT2D eigenvalue weighted by molar-refractivity contribution is 7.99. The van der Waals surface area contributed by atoms with Crippen LogP contribution in [0.15, 0.2) is 76.7 Å². The molecule has 1 heterocycles. The molecular weight excluding hydrogens is 463 g/mol. The van der Waals surface area contributed by atoms with Gasteiger partial charge in [0.2, 0.25) is 5.91 Å². The molecule has 8 heteroatoms. The first kappa shape index (κ1) is 24.2. The van der Waals surface area contributed by atoms with E-state index in [2.05, 4.69) is 0 Å². The second kappa shape index (κ2) is 10.5. The van der Waals surface area contributed by atoms with Crippen molar-refractivity contribution >= 4 is 34.3 Å². The number of amides is 1. The minimum Gasteiger partial charge on any atom is -0.311 e. The van der Waals surface area contributed by atoms with E-state index >= 15 is 0 Å². The molecule has 4 aromatic rings. The molecule has 0 aliphatic rings. The third-order valence-electron chi connectivity index (χ3n) is 5.42. The number of anilines is 1. The normalized spacial score (nSPS) is 10.8. The van der Waals surface area contributed by atoms with Gasteiger partial charge in [0.15, 0.2) is 5.16 Å². The molecule has 176 valence electrons. The molecule has 6 nitrogen and oxygen atoms in total. The molecule has 4 rings (SSSR count). The summed E-state index contributed by atoms with van der Waals surface area (Å²) >= 11 is 1.15. The van der Waals surface area contributed by atoms with Crippen molar-refractivity contribution in [1.29, 1.82) is 5.26 Å². The van der Waals surface area contributed by atoms with E-state index in [4.69, 9.17) is 10.2 Å². The Bertz CT molecular complexity index is 1470. The molecular formula is C27H23FN4O2S. The Balaban J connectivity index is 1.72. The molecule has 0 N–H and O–H groups in total. The molecule has 0 unspecified atom stereocenters. The van der Waals surface area contributed by atoms with Gasteiger partial charge in [-0.1, -0.05) is 30.0 Å². The van der Waals surface area contributed by atoms with E-state index in [1.165, 1.54) is 33.7 Å². The predicted octanol–water partition coefficient (Wildman–Crippen LogP) is 5.18. The van der Waals surface area contributed by atoms with Crippen LogP contribution in [0.2, 0.25) is 0 Å². The van der Waals surface area contributed by atoms with Crippen LogP contribution >= 0.6 is 11.8 Å². The summed E-state index contributed by atoms with van der Waals surface area (Å²) in [6, 6.07) is 20.6. The molecule has 0 saturated carbocycles. The third kappa shape index (κ3) is 5.42. The van der Waals surface area contributed by atoms with Crippen molar-refractivity contribution in [3.63, 3.8) is 0 Å². The number of fused-ring (bicyclic) bond motifs is 1. The molecule has 0 radical (unpaired) electrons. The monoisotopic (exact) mass is 486 g/mol. The van der Waals surface area contributed by atoms with Crippen molar-refractivity contribution < 1.29 is 9.18 Å². The van der Waals surface area contributed by atoms with Gasteiger partial charge in [-0.25, -0.2) is 9.37 Å². The summed E-state index contributed by atoms with van der Waals surface area (Å²) in [5.41, 5.74) is 3.53. The minimum absolute atomic E-state index is 0.0155. The number of hydrogen-bond donors (Lipinski definition) is 0. The van der Waals surface area contributed by atoms with Crippen molar-refractivity contribution in [2.45, 2.75) is 25.4 Å². The van der Waals surface area contributed by atoms with Crippen LogP contribution in [0.1, 0.15) is 17.5 Å². The first-order chi connectivity index (χ1) is 16.9. The number of carbonyl (C=O) groups is 1. The topological polar surface area (TPSA) is 79.0 Å². The van der Waals surface area contributed by atoms with Gasteiger partial charge in [0.25, 0.3) is 5.56 Å². The van der Waals surface area contributed by atoms with Crippen LogP contribution < -0.4 is 10.5 Å². The number of carbonyl (C=O) groups excluding carboxylic acids is 1. The fraction of sp³-hybridized carbons (Fsp3) is 0.185. The fourth-order valence-electron chi connectivity index (χ4n) is 3.90. The summed E-state index contributed by atoms with van der Waals surface area (Å²) in [5.74, 6) is -0.696. The molecule has 0 fully saturated rings. The molecule has 0 aliphatic carbocycles. The lowest BCUT2D eigenvalue weighted by molar-refractivity contribution is -0.116. The van der Waals surface area contributed by atoms with Gasteiger partial charge in [0.1, 0.15) is 5.82 Å². The van der Waals surface area contributed by atoms with Gasteiger partial charge < -0.3 is 4.90 Å². The van der Waals surface area contributed by atoms with E-state index in [0.29, 0.717) is 27.4 Å². The van der Waals surface area contributed by atoms with E-state index in [1.807, 2.05) is 44.2 Å². The summed E-state index contributed by atoms with van der Waals surface area (Å²) in [7, 11) is 0. The first-order valence-corrected chi connectivity index (χ1v) is 12.0. The number of halogens is 1. The smallest absolute Gasteiger partial charge is 0.266 e. The number of rotatable bonds is 7. The standard InChI is InChI=1S/C27H23FN4O2S/c1-18-14-19(2)16-22(15-18)32-26(34)23-6-3-4-7-24(23)30-27(32)35-17-25(33)31(13-5-12-29)21-10-8-20(28)9-11-21/h3-4,6-11,14-16H,5,13,17H2,1-2H3. The van der Waals surface area contributed by atoms with Crippen LogP contribution in [0.5, 0.6) is 0 Å². The third-order valence-corrected chi connectivity index (χ3v) is 6.34. The quantitative estimate of drug-likeness (QED) is 0.266. The van der Waals surface area contributed by atoms with Gasteiger partial charge in [-0.3, -0.25) is 14.2 Å². The van der Waals surface area contributed by atoms with Crippen LogP contribution in [-0.2, 0) is 4.79 Å². The zero-order valence-corrected chi connectivity index (χ0v) is 20.2. The number of thioether (sulfide) groups is 1. The summed E-state index contributed by atoms with van der Waals surface area (Å²) in [6.45, 7) is 4.10. The van der Waals surface area contributed by atoms with Gasteiger partial charge in [0, 0.05) is 12.2 Å². The molecule has 1 aromatic heterocycles. The van der Waals surface area contributed by atoms with E-state index < -0.39 is 5.82 Å². The maximum absolute atomic E-state index is 13.5.